The van der Waals surface area contributed by atoms with Gasteiger partial charge in [-0.1, -0.05) is 209 Å². The van der Waals surface area contributed by atoms with Gasteiger partial charge in [-0.25, -0.2) is 0 Å². The van der Waals surface area contributed by atoms with Crippen LogP contribution in [0.4, 0.5) is 0 Å². The Morgan fingerprint density at radius 1 is 0.397 bits per heavy atom. The number of hydrogen-bond acceptors (Lipinski definition) is 5. The van der Waals surface area contributed by atoms with Crippen LogP contribution in [0.25, 0.3) is 0 Å². The number of rotatable bonds is 45. The average Bonchev–Trinajstić information content (AvgIpc) is 3.23. The molecular formula is C53H94O5. The summed E-state index contributed by atoms with van der Waals surface area (Å²) in [6.07, 6.45) is 64.4. The van der Waals surface area contributed by atoms with Crippen molar-refractivity contribution < 1.29 is 24.2 Å². The van der Waals surface area contributed by atoms with Gasteiger partial charge in [0.05, 0.1) is 6.61 Å². The van der Waals surface area contributed by atoms with Crippen LogP contribution in [0.1, 0.15) is 245 Å². The quantitative estimate of drug-likeness (QED) is 0.0377. The van der Waals surface area contributed by atoms with Crippen LogP contribution in [0.3, 0.4) is 0 Å². The molecule has 0 aliphatic carbocycles. The molecule has 5 nitrogen and oxygen atoms in total. The Morgan fingerprint density at radius 3 is 1.03 bits per heavy atom. The Kier molecular flexibility index (Phi) is 46.9. The summed E-state index contributed by atoms with van der Waals surface area (Å²) < 4.78 is 10.7. The van der Waals surface area contributed by atoms with Crippen molar-refractivity contribution in [2.45, 2.75) is 251 Å². The molecule has 0 saturated carbocycles. The molecule has 0 aromatic heterocycles. The number of allylic oxidation sites excluding steroid dienone is 10. The first-order chi connectivity index (χ1) is 28.6. The Hall–Kier alpha value is -2.40. The fraction of sp³-hybridized carbons (Fsp3) is 0.774. The van der Waals surface area contributed by atoms with E-state index in [0.29, 0.717) is 12.8 Å². The lowest BCUT2D eigenvalue weighted by molar-refractivity contribution is -0.161. The van der Waals surface area contributed by atoms with E-state index >= 15 is 0 Å². The average molecular weight is 811 g/mol. The lowest BCUT2D eigenvalue weighted by Crippen LogP contribution is -2.28. The summed E-state index contributed by atoms with van der Waals surface area (Å²) in [5.41, 5.74) is 0. The summed E-state index contributed by atoms with van der Waals surface area (Å²) in [5, 5.41) is 9.62. The molecule has 336 valence electrons. The Morgan fingerprint density at radius 2 is 0.690 bits per heavy atom. The number of carbonyl (C=O) groups excluding carboxylic acids is 2. The highest BCUT2D eigenvalue weighted by atomic mass is 16.6. The molecule has 0 fully saturated rings. The van der Waals surface area contributed by atoms with Gasteiger partial charge in [0.25, 0.3) is 0 Å². The third kappa shape index (κ3) is 46.3. The van der Waals surface area contributed by atoms with Crippen molar-refractivity contribution in [2.24, 2.45) is 0 Å². The molecule has 1 atom stereocenters. The molecule has 0 rings (SSSR count). The van der Waals surface area contributed by atoms with Gasteiger partial charge < -0.3 is 14.6 Å². The lowest BCUT2D eigenvalue weighted by atomic mass is 10.0. The van der Waals surface area contributed by atoms with E-state index in [9.17, 15) is 14.7 Å². The van der Waals surface area contributed by atoms with Crippen LogP contribution in [0.5, 0.6) is 0 Å². The molecule has 0 aliphatic heterocycles. The van der Waals surface area contributed by atoms with Gasteiger partial charge in [0, 0.05) is 12.8 Å². The molecular weight excluding hydrogens is 717 g/mol. The van der Waals surface area contributed by atoms with E-state index in [1.54, 1.807) is 0 Å². The normalized spacial score (nSPS) is 12.7. The van der Waals surface area contributed by atoms with E-state index in [-0.39, 0.29) is 25.2 Å². The molecule has 1 N–H and O–H groups in total. The molecule has 0 heterocycles. The molecule has 0 saturated heterocycles. The van der Waals surface area contributed by atoms with Crippen molar-refractivity contribution in [3.05, 3.63) is 60.8 Å². The first-order valence-corrected chi connectivity index (χ1v) is 24.8. The number of aliphatic hydroxyl groups is 1. The van der Waals surface area contributed by atoms with E-state index in [1.165, 1.54) is 154 Å². The van der Waals surface area contributed by atoms with Gasteiger partial charge in [-0.15, -0.1) is 0 Å². The maximum Gasteiger partial charge on any atom is 0.306 e. The standard InChI is InChI=1S/C53H94O5/c1-3-5-7-9-11-13-15-17-19-21-23-25-26-28-29-31-33-35-37-39-41-43-45-47-52(55)57-50-51(49-54)58-53(56)48-46-44-42-40-38-36-34-32-30-27-24-22-20-18-16-14-12-10-8-6-4-2/h15-18,21-24,30,32,51,54H,3-14,19-20,25-29,31,33-50H2,1-2H3/b17-15-,18-16-,23-21-,24-22-,32-30-. The Balaban J connectivity index is 3.54. The number of esters is 2. The van der Waals surface area contributed by atoms with Gasteiger partial charge in [-0.05, 0) is 83.5 Å². The minimum Gasteiger partial charge on any atom is -0.462 e. The minimum absolute atomic E-state index is 0.0733. The second kappa shape index (κ2) is 49.0. The number of unbranched alkanes of at least 4 members (excludes halogenated alkanes) is 27. The highest BCUT2D eigenvalue weighted by Gasteiger charge is 2.16. The topological polar surface area (TPSA) is 72.8 Å². The van der Waals surface area contributed by atoms with E-state index in [2.05, 4.69) is 74.6 Å². The van der Waals surface area contributed by atoms with Crippen LogP contribution in [0.2, 0.25) is 0 Å². The van der Waals surface area contributed by atoms with E-state index in [4.69, 9.17) is 9.47 Å². The van der Waals surface area contributed by atoms with Gasteiger partial charge in [-0.2, -0.15) is 0 Å². The summed E-state index contributed by atoms with van der Waals surface area (Å²) in [6, 6.07) is 0. The van der Waals surface area contributed by atoms with Gasteiger partial charge >= 0.3 is 11.9 Å². The highest BCUT2D eigenvalue weighted by molar-refractivity contribution is 5.70. The summed E-state index contributed by atoms with van der Waals surface area (Å²) >= 11 is 0. The maximum atomic E-state index is 12.2. The van der Waals surface area contributed by atoms with Gasteiger partial charge in [0.2, 0.25) is 0 Å². The fourth-order valence-electron chi connectivity index (χ4n) is 7.00. The van der Waals surface area contributed by atoms with Gasteiger partial charge in [-0.3, -0.25) is 9.59 Å². The number of carbonyl (C=O) groups is 2. The molecule has 5 heteroatoms. The SMILES string of the molecule is CCCCCCC/C=C\C/C=C\C/C=C\CCCCCCCCC(=O)OC(CO)COC(=O)CCCCCCCCCCCCC/C=C\C/C=C\CCCCCCC. The zero-order chi connectivity index (χ0) is 42.1. The third-order valence-corrected chi connectivity index (χ3v) is 10.8. The minimum atomic E-state index is -0.782. The van der Waals surface area contributed by atoms with Crippen LogP contribution in [-0.4, -0.2) is 36.4 Å². The predicted octanol–water partition coefficient (Wildman–Crippen LogP) is 16.3. The van der Waals surface area contributed by atoms with E-state index in [0.717, 1.165) is 64.2 Å². The van der Waals surface area contributed by atoms with Gasteiger partial charge in [0.1, 0.15) is 6.61 Å². The number of hydrogen-bond donors (Lipinski definition) is 1. The molecule has 0 aromatic carbocycles. The van der Waals surface area contributed by atoms with Crippen molar-refractivity contribution in [3.8, 4) is 0 Å². The van der Waals surface area contributed by atoms with E-state index in [1.807, 2.05) is 0 Å². The molecule has 1 unspecified atom stereocenters. The van der Waals surface area contributed by atoms with Crippen LogP contribution < -0.4 is 0 Å². The molecule has 0 radical (unpaired) electrons. The van der Waals surface area contributed by atoms with E-state index < -0.39 is 6.10 Å². The van der Waals surface area contributed by atoms with Crippen molar-refractivity contribution in [1.29, 1.82) is 0 Å². The molecule has 0 aliphatic rings. The highest BCUT2D eigenvalue weighted by Crippen LogP contribution is 2.14. The van der Waals surface area contributed by atoms with Crippen LogP contribution >= 0.6 is 0 Å². The van der Waals surface area contributed by atoms with Crippen LogP contribution in [0.15, 0.2) is 60.8 Å². The van der Waals surface area contributed by atoms with Crippen molar-refractivity contribution in [2.75, 3.05) is 13.2 Å². The molecule has 0 bridgehead atoms. The molecule has 0 amide bonds. The predicted molar refractivity (Wildman–Crippen MR) is 251 cm³/mol. The van der Waals surface area contributed by atoms with Crippen molar-refractivity contribution >= 4 is 11.9 Å². The third-order valence-electron chi connectivity index (χ3n) is 10.8. The smallest absolute Gasteiger partial charge is 0.306 e. The Bertz CT molecular complexity index is 1010. The van der Waals surface area contributed by atoms with Crippen molar-refractivity contribution in [3.63, 3.8) is 0 Å². The molecule has 0 spiro atoms. The monoisotopic (exact) mass is 811 g/mol. The van der Waals surface area contributed by atoms with Crippen LogP contribution in [0, 0.1) is 0 Å². The summed E-state index contributed by atoms with van der Waals surface area (Å²) in [5.74, 6) is -0.604. The summed E-state index contributed by atoms with van der Waals surface area (Å²) in [7, 11) is 0. The first-order valence-electron chi connectivity index (χ1n) is 24.8. The fourth-order valence-corrected chi connectivity index (χ4v) is 7.00. The zero-order valence-electron chi connectivity index (χ0n) is 38.3. The first kappa shape index (κ1) is 55.6. The second-order valence-corrected chi connectivity index (χ2v) is 16.5. The second-order valence-electron chi connectivity index (χ2n) is 16.5. The lowest BCUT2D eigenvalue weighted by Gasteiger charge is -2.15. The summed E-state index contributed by atoms with van der Waals surface area (Å²) in [6.45, 7) is 4.12. The number of ether oxygens (including phenoxy) is 2. The largest absolute Gasteiger partial charge is 0.462 e. The number of aliphatic hydroxyl groups excluding tert-OH is 1. The summed E-state index contributed by atoms with van der Waals surface area (Å²) in [4.78, 5) is 24.4. The molecule has 0 aromatic rings. The van der Waals surface area contributed by atoms with Crippen molar-refractivity contribution in [1.82, 2.24) is 0 Å². The van der Waals surface area contributed by atoms with Crippen LogP contribution in [-0.2, 0) is 19.1 Å². The Labute approximate surface area is 360 Å². The van der Waals surface area contributed by atoms with Gasteiger partial charge in [0.15, 0.2) is 6.10 Å². The molecule has 58 heavy (non-hydrogen) atoms. The zero-order valence-corrected chi connectivity index (χ0v) is 38.3. The maximum absolute atomic E-state index is 12.2.